The number of thioether (sulfide) groups is 1. The number of hydrogen-bond acceptors (Lipinski definition) is 4. The molecule has 0 aliphatic rings. The van der Waals surface area contributed by atoms with E-state index in [-0.39, 0.29) is 17.4 Å². The average Bonchev–Trinajstić information content (AvgIpc) is 2.96. The number of carbonyl (C=O) groups excluding carboxylic acids is 3. The summed E-state index contributed by atoms with van der Waals surface area (Å²) < 4.78 is 0.896. The van der Waals surface area contributed by atoms with Crippen molar-refractivity contribution >= 4 is 86.1 Å². The van der Waals surface area contributed by atoms with Gasteiger partial charge in [-0.1, -0.05) is 69.5 Å². The molecule has 202 valence electrons. The average molecular weight is 655 g/mol. The fourth-order valence-electron chi connectivity index (χ4n) is 3.43. The van der Waals surface area contributed by atoms with Crippen LogP contribution in [0, 0.1) is 0 Å². The van der Waals surface area contributed by atoms with Crippen LogP contribution in [0.15, 0.2) is 112 Å². The van der Waals surface area contributed by atoms with E-state index in [1.165, 1.54) is 11.8 Å². The lowest BCUT2D eigenvalue weighted by molar-refractivity contribution is -0.114. The summed E-state index contributed by atoms with van der Waals surface area (Å²) in [4.78, 5) is 39.2. The van der Waals surface area contributed by atoms with Gasteiger partial charge in [0.2, 0.25) is 5.91 Å². The standard InChI is InChI=1S/C30H22BrCl2N3O3S/c31-21-8-6-19(7-9-21)16-27(36-29(38)20-4-2-1-3-5-20)30(39)34-23-11-13-24(14-12-23)40-18-28(37)35-26-17-22(32)10-15-25(26)33/h1-17H,18H2,(H,34,39)(H,35,37)(H,36,38)/b27-16-. The summed E-state index contributed by atoms with van der Waals surface area (Å²) in [7, 11) is 0. The lowest BCUT2D eigenvalue weighted by atomic mass is 10.1. The molecule has 4 rings (SSSR count). The topological polar surface area (TPSA) is 87.3 Å². The van der Waals surface area contributed by atoms with Crippen molar-refractivity contribution in [1.82, 2.24) is 5.32 Å². The highest BCUT2D eigenvalue weighted by molar-refractivity contribution is 9.10. The number of carbonyl (C=O) groups is 3. The molecule has 0 radical (unpaired) electrons. The summed E-state index contributed by atoms with van der Waals surface area (Å²) >= 11 is 16.8. The minimum Gasteiger partial charge on any atom is -0.324 e. The number of anilines is 2. The van der Waals surface area contributed by atoms with Gasteiger partial charge in [0.05, 0.1) is 16.5 Å². The van der Waals surface area contributed by atoms with E-state index in [4.69, 9.17) is 23.2 Å². The third-order valence-electron chi connectivity index (χ3n) is 5.39. The highest BCUT2D eigenvalue weighted by atomic mass is 79.9. The number of amides is 3. The lowest BCUT2D eigenvalue weighted by Crippen LogP contribution is -2.30. The fourth-order valence-corrected chi connectivity index (χ4v) is 4.73. The monoisotopic (exact) mass is 653 g/mol. The van der Waals surface area contributed by atoms with Crippen molar-refractivity contribution < 1.29 is 14.4 Å². The van der Waals surface area contributed by atoms with E-state index in [9.17, 15) is 14.4 Å². The zero-order valence-electron chi connectivity index (χ0n) is 20.8. The van der Waals surface area contributed by atoms with Crippen molar-refractivity contribution in [1.29, 1.82) is 0 Å². The predicted octanol–water partition coefficient (Wildman–Crippen LogP) is 7.90. The molecule has 10 heteroatoms. The third kappa shape index (κ3) is 8.72. The van der Waals surface area contributed by atoms with E-state index in [1.54, 1.807) is 72.8 Å². The molecule has 3 amide bonds. The van der Waals surface area contributed by atoms with Crippen LogP contribution >= 0.6 is 50.9 Å². The zero-order valence-corrected chi connectivity index (χ0v) is 24.7. The summed E-state index contributed by atoms with van der Waals surface area (Å²) in [5.74, 6) is -0.961. The van der Waals surface area contributed by atoms with Gasteiger partial charge in [0.1, 0.15) is 5.70 Å². The van der Waals surface area contributed by atoms with Crippen molar-refractivity contribution in [3.8, 4) is 0 Å². The van der Waals surface area contributed by atoms with Crippen LogP contribution in [0.25, 0.3) is 6.08 Å². The molecule has 0 saturated heterocycles. The van der Waals surface area contributed by atoms with Crippen LogP contribution < -0.4 is 16.0 Å². The highest BCUT2D eigenvalue weighted by Gasteiger charge is 2.15. The van der Waals surface area contributed by atoms with Crippen LogP contribution in [0.4, 0.5) is 11.4 Å². The Morgan fingerprint density at radius 3 is 2.23 bits per heavy atom. The normalized spacial score (nSPS) is 11.0. The molecule has 0 heterocycles. The molecule has 0 unspecified atom stereocenters. The van der Waals surface area contributed by atoms with Crippen molar-refractivity contribution in [3.05, 3.63) is 128 Å². The van der Waals surface area contributed by atoms with E-state index < -0.39 is 11.8 Å². The van der Waals surface area contributed by atoms with Crippen LogP contribution in [-0.2, 0) is 9.59 Å². The first-order valence-corrected chi connectivity index (χ1v) is 14.4. The molecule has 6 nitrogen and oxygen atoms in total. The quantitative estimate of drug-likeness (QED) is 0.127. The molecule has 40 heavy (non-hydrogen) atoms. The molecule has 4 aromatic rings. The summed E-state index contributed by atoms with van der Waals surface area (Å²) in [6.45, 7) is 0. The molecule has 0 fully saturated rings. The van der Waals surface area contributed by atoms with E-state index in [0.717, 1.165) is 14.9 Å². The Morgan fingerprint density at radius 2 is 1.52 bits per heavy atom. The molecular formula is C30H22BrCl2N3O3S. The van der Waals surface area contributed by atoms with E-state index in [1.807, 2.05) is 30.3 Å². The molecular weight excluding hydrogens is 633 g/mol. The number of halogens is 3. The smallest absolute Gasteiger partial charge is 0.272 e. The Hall–Kier alpha value is -3.56. The maximum absolute atomic E-state index is 13.2. The molecule has 0 saturated carbocycles. The van der Waals surface area contributed by atoms with Crippen LogP contribution in [0.5, 0.6) is 0 Å². The van der Waals surface area contributed by atoms with Crippen molar-refractivity contribution in [2.75, 3.05) is 16.4 Å². The van der Waals surface area contributed by atoms with Crippen LogP contribution in [0.2, 0.25) is 10.0 Å². The second-order valence-electron chi connectivity index (χ2n) is 8.37. The first-order chi connectivity index (χ1) is 19.3. The molecule has 0 atom stereocenters. The van der Waals surface area contributed by atoms with Crippen molar-refractivity contribution in [2.24, 2.45) is 0 Å². The summed E-state index contributed by atoms with van der Waals surface area (Å²) in [6, 6.07) is 27.9. The second-order valence-corrected chi connectivity index (χ2v) is 11.2. The van der Waals surface area contributed by atoms with Gasteiger partial charge >= 0.3 is 0 Å². The summed E-state index contributed by atoms with van der Waals surface area (Å²) in [5, 5.41) is 9.16. The van der Waals surface area contributed by atoms with Gasteiger partial charge in [0.15, 0.2) is 0 Å². The molecule has 0 aliphatic carbocycles. The molecule has 0 aliphatic heterocycles. The Balaban J connectivity index is 1.40. The van der Waals surface area contributed by atoms with Crippen molar-refractivity contribution in [3.63, 3.8) is 0 Å². The van der Waals surface area contributed by atoms with Gasteiger partial charge in [-0.15, -0.1) is 11.8 Å². The summed E-state index contributed by atoms with van der Waals surface area (Å²) in [5.41, 5.74) is 2.24. The maximum atomic E-state index is 13.2. The van der Waals surface area contributed by atoms with E-state index in [2.05, 4.69) is 31.9 Å². The Labute approximate surface area is 254 Å². The van der Waals surface area contributed by atoms with Gasteiger partial charge in [-0.2, -0.15) is 0 Å². The summed E-state index contributed by atoms with van der Waals surface area (Å²) in [6.07, 6.45) is 1.61. The highest BCUT2D eigenvalue weighted by Crippen LogP contribution is 2.26. The number of nitrogens with one attached hydrogen (secondary N) is 3. The SMILES string of the molecule is O=C(CSc1ccc(NC(=O)/C(=C/c2ccc(Br)cc2)NC(=O)c2ccccc2)cc1)Nc1cc(Cl)ccc1Cl. The number of rotatable bonds is 9. The van der Waals surface area contributed by atoms with Gasteiger partial charge in [-0.25, -0.2) is 0 Å². The molecule has 0 bridgehead atoms. The zero-order chi connectivity index (χ0) is 28.5. The third-order valence-corrected chi connectivity index (χ3v) is 7.50. The minimum absolute atomic E-state index is 0.0889. The Kier molecular flexibility index (Phi) is 10.4. The molecule has 4 aromatic carbocycles. The lowest BCUT2D eigenvalue weighted by Gasteiger charge is -2.12. The second kappa shape index (κ2) is 14.2. The van der Waals surface area contributed by atoms with Gasteiger partial charge in [-0.05, 0) is 78.4 Å². The molecule has 0 spiro atoms. The minimum atomic E-state index is -0.481. The van der Waals surface area contributed by atoms with Gasteiger partial charge in [-0.3, -0.25) is 14.4 Å². The van der Waals surface area contributed by atoms with Gasteiger partial charge in [0, 0.05) is 25.6 Å². The Bertz CT molecular complexity index is 1550. The number of hydrogen-bond donors (Lipinski definition) is 3. The van der Waals surface area contributed by atoms with Gasteiger partial charge in [0.25, 0.3) is 11.8 Å². The van der Waals surface area contributed by atoms with E-state index in [0.29, 0.717) is 27.0 Å². The first kappa shape index (κ1) is 29.4. The fraction of sp³-hybridized carbons (Fsp3) is 0.0333. The molecule has 3 N–H and O–H groups in total. The first-order valence-electron chi connectivity index (χ1n) is 11.9. The maximum Gasteiger partial charge on any atom is 0.272 e. The largest absolute Gasteiger partial charge is 0.324 e. The van der Waals surface area contributed by atoms with Crippen LogP contribution in [-0.4, -0.2) is 23.5 Å². The van der Waals surface area contributed by atoms with Crippen molar-refractivity contribution in [2.45, 2.75) is 4.90 Å². The number of benzene rings is 4. The molecule has 0 aromatic heterocycles. The van der Waals surface area contributed by atoms with E-state index >= 15 is 0 Å². The Morgan fingerprint density at radius 1 is 0.825 bits per heavy atom. The predicted molar refractivity (Wildman–Crippen MR) is 167 cm³/mol. The van der Waals surface area contributed by atoms with Crippen LogP contribution in [0.1, 0.15) is 15.9 Å². The van der Waals surface area contributed by atoms with Crippen LogP contribution in [0.3, 0.4) is 0 Å². The van der Waals surface area contributed by atoms with Gasteiger partial charge < -0.3 is 16.0 Å².